The van der Waals surface area contributed by atoms with Crippen molar-refractivity contribution in [3.63, 3.8) is 0 Å². The largest absolute Gasteiger partial charge is 0.352 e. The van der Waals surface area contributed by atoms with Gasteiger partial charge in [0.1, 0.15) is 0 Å². The Morgan fingerprint density at radius 3 is 2.95 bits per heavy atom. The maximum atomic E-state index is 12.1. The highest BCUT2D eigenvalue weighted by atomic mass is 16.1. The number of aryl methyl sites for hydroxylation is 2. The molecule has 0 aromatic heterocycles. The molecule has 2 rings (SSSR count). The fourth-order valence-corrected chi connectivity index (χ4v) is 2.52. The lowest BCUT2D eigenvalue weighted by atomic mass is 10.0. The molecule has 2 N–H and O–H groups in total. The molecule has 0 radical (unpaired) electrons. The van der Waals surface area contributed by atoms with Crippen molar-refractivity contribution in [1.29, 1.82) is 0 Å². The van der Waals surface area contributed by atoms with E-state index in [4.69, 9.17) is 0 Å². The Labute approximate surface area is 115 Å². The SMILES string of the molecule is Cc1ccc(CC(=O)NC2CCCCNC2)cc1C. The topological polar surface area (TPSA) is 41.1 Å². The third-order valence-corrected chi connectivity index (χ3v) is 3.85. The molecule has 1 aliphatic rings. The second-order valence-corrected chi connectivity index (χ2v) is 5.56. The van der Waals surface area contributed by atoms with Gasteiger partial charge in [-0.15, -0.1) is 0 Å². The van der Waals surface area contributed by atoms with Gasteiger partial charge >= 0.3 is 0 Å². The van der Waals surface area contributed by atoms with E-state index in [0.29, 0.717) is 12.5 Å². The summed E-state index contributed by atoms with van der Waals surface area (Å²) in [5.74, 6) is 0.136. The van der Waals surface area contributed by atoms with Gasteiger partial charge in [-0.05, 0) is 49.9 Å². The lowest BCUT2D eigenvalue weighted by Crippen LogP contribution is -2.41. The summed E-state index contributed by atoms with van der Waals surface area (Å²) in [6.45, 7) is 6.16. The minimum Gasteiger partial charge on any atom is -0.352 e. The van der Waals surface area contributed by atoms with E-state index in [1.807, 2.05) is 6.07 Å². The Morgan fingerprint density at radius 2 is 2.16 bits per heavy atom. The summed E-state index contributed by atoms with van der Waals surface area (Å²) < 4.78 is 0. The van der Waals surface area contributed by atoms with E-state index in [0.717, 1.165) is 25.1 Å². The van der Waals surface area contributed by atoms with Gasteiger partial charge < -0.3 is 10.6 Å². The van der Waals surface area contributed by atoms with E-state index < -0.39 is 0 Å². The van der Waals surface area contributed by atoms with Gasteiger partial charge in [0.25, 0.3) is 0 Å². The number of hydrogen-bond acceptors (Lipinski definition) is 2. The van der Waals surface area contributed by atoms with Crippen LogP contribution < -0.4 is 10.6 Å². The van der Waals surface area contributed by atoms with Crippen molar-refractivity contribution in [3.8, 4) is 0 Å². The maximum absolute atomic E-state index is 12.1. The fraction of sp³-hybridized carbons (Fsp3) is 0.562. The summed E-state index contributed by atoms with van der Waals surface area (Å²) in [5, 5.41) is 6.51. The normalized spacial score (nSPS) is 19.8. The zero-order valence-corrected chi connectivity index (χ0v) is 12.0. The van der Waals surface area contributed by atoms with E-state index in [1.165, 1.54) is 24.0 Å². The first kappa shape index (κ1) is 14.1. The molecule has 0 saturated carbocycles. The molecule has 3 heteroatoms. The summed E-state index contributed by atoms with van der Waals surface area (Å²) in [7, 11) is 0. The Hall–Kier alpha value is -1.35. The van der Waals surface area contributed by atoms with Crippen molar-refractivity contribution in [3.05, 3.63) is 34.9 Å². The third kappa shape index (κ3) is 4.35. The van der Waals surface area contributed by atoms with E-state index >= 15 is 0 Å². The third-order valence-electron chi connectivity index (χ3n) is 3.85. The molecule has 1 fully saturated rings. The highest BCUT2D eigenvalue weighted by molar-refractivity contribution is 5.79. The highest BCUT2D eigenvalue weighted by Crippen LogP contribution is 2.11. The molecule has 1 atom stereocenters. The standard InChI is InChI=1S/C16H24N2O/c1-12-6-7-14(9-13(12)2)10-16(19)18-15-5-3-4-8-17-11-15/h6-7,9,15,17H,3-5,8,10-11H2,1-2H3,(H,18,19). The molecule has 1 saturated heterocycles. The molecule has 1 aromatic carbocycles. The van der Waals surface area contributed by atoms with Crippen LogP contribution in [-0.2, 0) is 11.2 Å². The van der Waals surface area contributed by atoms with Crippen molar-refractivity contribution >= 4 is 5.91 Å². The molecular formula is C16H24N2O. The van der Waals surface area contributed by atoms with Crippen LogP contribution in [0.2, 0.25) is 0 Å². The van der Waals surface area contributed by atoms with Crippen LogP contribution in [0.5, 0.6) is 0 Å². The first-order valence-electron chi connectivity index (χ1n) is 7.21. The number of rotatable bonds is 3. The van der Waals surface area contributed by atoms with Crippen LogP contribution in [0.25, 0.3) is 0 Å². The highest BCUT2D eigenvalue weighted by Gasteiger charge is 2.14. The second-order valence-electron chi connectivity index (χ2n) is 5.56. The number of benzene rings is 1. The molecule has 0 aliphatic carbocycles. The summed E-state index contributed by atoms with van der Waals surface area (Å²) in [6, 6.07) is 6.54. The molecule has 1 unspecified atom stereocenters. The summed E-state index contributed by atoms with van der Waals surface area (Å²) >= 11 is 0. The van der Waals surface area contributed by atoms with E-state index in [1.54, 1.807) is 0 Å². The minimum atomic E-state index is 0.136. The molecule has 1 heterocycles. The molecule has 3 nitrogen and oxygen atoms in total. The van der Waals surface area contributed by atoms with Gasteiger partial charge in [0, 0.05) is 12.6 Å². The quantitative estimate of drug-likeness (QED) is 0.874. The average molecular weight is 260 g/mol. The zero-order valence-electron chi connectivity index (χ0n) is 12.0. The number of carbonyl (C=O) groups excluding carboxylic acids is 1. The van der Waals surface area contributed by atoms with Crippen molar-refractivity contribution < 1.29 is 4.79 Å². The first-order valence-corrected chi connectivity index (χ1v) is 7.21. The van der Waals surface area contributed by atoms with E-state index in [2.05, 4.69) is 36.6 Å². The average Bonchev–Trinajstić information content (AvgIpc) is 2.62. The first-order chi connectivity index (χ1) is 9.15. The molecule has 1 aliphatic heterocycles. The number of carbonyl (C=O) groups is 1. The van der Waals surface area contributed by atoms with Gasteiger partial charge in [-0.1, -0.05) is 24.6 Å². The van der Waals surface area contributed by atoms with Gasteiger partial charge in [-0.25, -0.2) is 0 Å². The van der Waals surface area contributed by atoms with Crippen LogP contribution in [0, 0.1) is 13.8 Å². The monoisotopic (exact) mass is 260 g/mol. The van der Waals surface area contributed by atoms with Gasteiger partial charge in [-0.3, -0.25) is 4.79 Å². The second kappa shape index (κ2) is 6.71. The fourth-order valence-electron chi connectivity index (χ4n) is 2.52. The maximum Gasteiger partial charge on any atom is 0.224 e. The predicted octanol–water partition coefficient (Wildman–Crippen LogP) is 2.10. The molecule has 19 heavy (non-hydrogen) atoms. The summed E-state index contributed by atoms with van der Waals surface area (Å²) in [4.78, 5) is 12.1. The lowest BCUT2D eigenvalue weighted by Gasteiger charge is -2.16. The van der Waals surface area contributed by atoms with Crippen LogP contribution in [0.15, 0.2) is 18.2 Å². The molecule has 104 valence electrons. The molecule has 0 spiro atoms. The van der Waals surface area contributed by atoms with Gasteiger partial charge in [0.15, 0.2) is 0 Å². The lowest BCUT2D eigenvalue weighted by molar-refractivity contribution is -0.121. The van der Waals surface area contributed by atoms with Crippen LogP contribution in [0.4, 0.5) is 0 Å². The van der Waals surface area contributed by atoms with Crippen molar-refractivity contribution in [1.82, 2.24) is 10.6 Å². The van der Waals surface area contributed by atoms with Crippen LogP contribution in [0.3, 0.4) is 0 Å². The minimum absolute atomic E-state index is 0.136. The van der Waals surface area contributed by atoms with E-state index in [-0.39, 0.29) is 5.91 Å². The Morgan fingerprint density at radius 1 is 1.32 bits per heavy atom. The van der Waals surface area contributed by atoms with Crippen molar-refractivity contribution in [2.45, 2.75) is 45.6 Å². The van der Waals surface area contributed by atoms with Crippen molar-refractivity contribution in [2.24, 2.45) is 0 Å². The summed E-state index contributed by atoms with van der Waals surface area (Å²) in [5.41, 5.74) is 3.63. The number of nitrogens with one attached hydrogen (secondary N) is 2. The predicted molar refractivity (Wildman–Crippen MR) is 78.3 cm³/mol. The van der Waals surface area contributed by atoms with Gasteiger partial charge in [-0.2, -0.15) is 0 Å². The smallest absolute Gasteiger partial charge is 0.224 e. The van der Waals surface area contributed by atoms with Crippen molar-refractivity contribution in [2.75, 3.05) is 13.1 Å². The van der Waals surface area contributed by atoms with Crippen LogP contribution >= 0.6 is 0 Å². The van der Waals surface area contributed by atoms with Gasteiger partial charge in [0.05, 0.1) is 6.42 Å². The molecule has 1 aromatic rings. The van der Waals surface area contributed by atoms with Crippen LogP contribution in [-0.4, -0.2) is 25.0 Å². The van der Waals surface area contributed by atoms with E-state index in [9.17, 15) is 4.79 Å². The molecular weight excluding hydrogens is 236 g/mol. The number of hydrogen-bond donors (Lipinski definition) is 2. The summed E-state index contributed by atoms with van der Waals surface area (Å²) in [6.07, 6.45) is 3.98. The molecule has 1 amide bonds. The Kier molecular flexibility index (Phi) is 4.97. The Balaban J connectivity index is 1.87. The van der Waals surface area contributed by atoms with Gasteiger partial charge in [0.2, 0.25) is 5.91 Å². The Bertz CT molecular complexity index is 434. The molecule has 0 bridgehead atoms. The number of amides is 1. The zero-order chi connectivity index (χ0) is 13.7. The van der Waals surface area contributed by atoms with Crippen LogP contribution in [0.1, 0.15) is 36.0 Å².